The predicted octanol–water partition coefficient (Wildman–Crippen LogP) is 0.573. The number of hydrogen-bond acceptors (Lipinski definition) is 6. The molecule has 70 valence electrons. The summed E-state index contributed by atoms with van der Waals surface area (Å²) in [4.78, 5) is 18.4. The monoisotopic (exact) mass is 206 g/mol. The largest absolute Gasteiger partial charge is 0.369 e. The van der Waals surface area contributed by atoms with Crippen LogP contribution in [0.2, 0.25) is 0 Å². The van der Waals surface area contributed by atoms with Gasteiger partial charge in [0.1, 0.15) is 5.69 Å². The Balaban J connectivity index is 2.58. The topological polar surface area (TPSA) is 93.4 Å². The van der Waals surface area contributed by atoms with Crippen molar-refractivity contribution < 1.29 is 0 Å². The summed E-state index contributed by atoms with van der Waals surface area (Å²) in [5, 5.41) is 0. The van der Waals surface area contributed by atoms with Crippen molar-refractivity contribution in [1.29, 1.82) is 0 Å². The number of aromatic amines is 1. The average molecular weight is 206 g/mol. The molecule has 2 heterocycles. The van der Waals surface area contributed by atoms with Gasteiger partial charge in [-0.1, -0.05) is 0 Å². The Hall–Kier alpha value is -1.89. The number of rotatable bonds is 1. The van der Waals surface area contributed by atoms with Crippen molar-refractivity contribution in [2.24, 2.45) is 0 Å². The second kappa shape index (κ2) is 3.46. The van der Waals surface area contributed by atoms with Crippen LogP contribution in [0, 0.1) is 4.77 Å². The van der Waals surface area contributed by atoms with Gasteiger partial charge in [0.2, 0.25) is 10.7 Å². The molecule has 0 aliphatic rings. The summed E-state index contributed by atoms with van der Waals surface area (Å²) in [5.41, 5.74) is 6.05. The standard InChI is InChI=1S/C7H6N6S/c8-6-11-5(12-7(14)13-6)4-3-9-1-2-10-4/h1-3H,(H3,8,11,12,13,14). The molecule has 6 nitrogen and oxygen atoms in total. The third kappa shape index (κ3) is 1.72. The molecule has 0 spiro atoms. The number of nitrogens with one attached hydrogen (secondary N) is 1. The Morgan fingerprint density at radius 1 is 1.29 bits per heavy atom. The fraction of sp³-hybridized carbons (Fsp3) is 0. The van der Waals surface area contributed by atoms with Crippen molar-refractivity contribution in [3.05, 3.63) is 23.4 Å². The van der Waals surface area contributed by atoms with Crippen molar-refractivity contribution in [2.45, 2.75) is 0 Å². The Morgan fingerprint density at radius 2 is 2.14 bits per heavy atom. The highest BCUT2D eigenvalue weighted by Gasteiger charge is 2.01. The molecular formula is C7H6N6S. The minimum atomic E-state index is 0.182. The normalized spacial score (nSPS) is 10.0. The average Bonchev–Trinajstić information content (AvgIpc) is 2.18. The lowest BCUT2D eigenvalue weighted by Gasteiger charge is -1.99. The van der Waals surface area contributed by atoms with E-state index < -0.39 is 0 Å². The van der Waals surface area contributed by atoms with Gasteiger partial charge in [0.05, 0.1) is 6.20 Å². The number of aromatic nitrogens is 5. The molecule has 0 atom stereocenters. The van der Waals surface area contributed by atoms with Gasteiger partial charge in [-0.3, -0.25) is 4.98 Å². The van der Waals surface area contributed by atoms with Crippen LogP contribution < -0.4 is 5.73 Å². The number of nitrogens with two attached hydrogens (primary N) is 1. The van der Waals surface area contributed by atoms with Crippen molar-refractivity contribution in [1.82, 2.24) is 24.9 Å². The molecule has 0 bridgehead atoms. The molecule has 0 fully saturated rings. The molecule has 14 heavy (non-hydrogen) atoms. The smallest absolute Gasteiger partial charge is 0.224 e. The van der Waals surface area contributed by atoms with Gasteiger partial charge in [0, 0.05) is 12.4 Å². The SMILES string of the molecule is Nc1nc(=S)nc(-c2cnccn2)[nH]1. The van der Waals surface area contributed by atoms with Crippen LogP contribution >= 0.6 is 12.2 Å². The Bertz CT molecular complexity index is 493. The number of H-pyrrole nitrogens is 1. The quantitative estimate of drug-likeness (QED) is 0.663. The number of hydrogen-bond donors (Lipinski definition) is 2. The van der Waals surface area contributed by atoms with E-state index in [1.807, 2.05) is 0 Å². The molecule has 0 aromatic carbocycles. The van der Waals surface area contributed by atoms with Crippen molar-refractivity contribution in [3.63, 3.8) is 0 Å². The van der Waals surface area contributed by atoms with E-state index in [-0.39, 0.29) is 10.7 Å². The van der Waals surface area contributed by atoms with Crippen molar-refractivity contribution >= 4 is 18.2 Å². The number of nitrogen functional groups attached to an aromatic ring is 1. The number of anilines is 1. The fourth-order valence-corrected chi connectivity index (χ4v) is 1.13. The fourth-order valence-electron chi connectivity index (χ4n) is 0.944. The van der Waals surface area contributed by atoms with E-state index in [2.05, 4.69) is 24.9 Å². The zero-order valence-electron chi connectivity index (χ0n) is 7.01. The van der Waals surface area contributed by atoms with Crippen molar-refractivity contribution in [3.8, 4) is 11.5 Å². The first-order chi connectivity index (χ1) is 6.75. The number of nitrogens with zero attached hydrogens (tertiary/aromatic N) is 4. The van der Waals surface area contributed by atoms with Gasteiger partial charge in [-0.15, -0.1) is 0 Å². The van der Waals surface area contributed by atoms with Crippen LogP contribution in [0.1, 0.15) is 0 Å². The van der Waals surface area contributed by atoms with Gasteiger partial charge in [-0.05, 0) is 12.2 Å². The molecule has 0 unspecified atom stereocenters. The molecule has 0 saturated heterocycles. The first kappa shape index (κ1) is 8.70. The van der Waals surface area contributed by atoms with Crippen LogP contribution in [-0.2, 0) is 0 Å². The van der Waals surface area contributed by atoms with E-state index in [4.69, 9.17) is 18.0 Å². The van der Waals surface area contributed by atoms with Crippen LogP contribution in [-0.4, -0.2) is 24.9 Å². The van der Waals surface area contributed by atoms with Gasteiger partial charge in [-0.2, -0.15) is 9.97 Å². The second-order valence-electron chi connectivity index (χ2n) is 2.46. The zero-order valence-corrected chi connectivity index (χ0v) is 7.82. The molecule has 0 aliphatic heterocycles. The second-order valence-corrected chi connectivity index (χ2v) is 2.82. The summed E-state index contributed by atoms with van der Waals surface area (Å²) < 4.78 is 0.182. The van der Waals surface area contributed by atoms with Gasteiger partial charge >= 0.3 is 0 Å². The first-order valence-corrected chi connectivity index (χ1v) is 4.17. The minimum absolute atomic E-state index is 0.182. The summed E-state index contributed by atoms with van der Waals surface area (Å²) in [6.07, 6.45) is 4.69. The Labute approximate surface area is 84.3 Å². The van der Waals surface area contributed by atoms with E-state index in [0.29, 0.717) is 11.5 Å². The zero-order chi connectivity index (χ0) is 9.97. The molecule has 3 N–H and O–H groups in total. The van der Waals surface area contributed by atoms with Gasteiger partial charge < -0.3 is 10.7 Å². The van der Waals surface area contributed by atoms with E-state index >= 15 is 0 Å². The maximum atomic E-state index is 5.48. The predicted molar refractivity (Wildman–Crippen MR) is 52.7 cm³/mol. The summed E-state index contributed by atoms with van der Waals surface area (Å²) >= 11 is 4.82. The molecule has 2 aromatic heterocycles. The van der Waals surface area contributed by atoms with Crippen LogP contribution in [0.4, 0.5) is 5.95 Å². The molecule has 2 rings (SSSR count). The lowest BCUT2D eigenvalue weighted by Crippen LogP contribution is -2.00. The van der Waals surface area contributed by atoms with Gasteiger partial charge in [0.15, 0.2) is 5.82 Å². The van der Waals surface area contributed by atoms with E-state index in [9.17, 15) is 0 Å². The molecule has 7 heteroatoms. The minimum Gasteiger partial charge on any atom is -0.369 e. The molecule has 0 aliphatic carbocycles. The van der Waals surface area contributed by atoms with E-state index in [1.165, 1.54) is 0 Å². The Morgan fingerprint density at radius 3 is 2.79 bits per heavy atom. The summed E-state index contributed by atoms with van der Waals surface area (Å²) in [5.74, 6) is 0.682. The highest BCUT2D eigenvalue weighted by molar-refractivity contribution is 7.71. The third-order valence-corrected chi connectivity index (χ3v) is 1.66. The summed E-state index contributed by atoms with van der Waals surface area (Å²) in [6, 6.07) is 0. The lowest BCUT2D eigenvalue weighted by molar-refractivity contribution is 1.03. The molecule has 0 radical (unpaired) electrons. The van der Waals surface area contributed by atoms with Gasteiger partial charge in [-0.25, -0.2) is 4.98 Å². The van der Waals surface area contributed by atoms with Gasteiger partial charge in [0.25, 0.3) is 0 Å². The highest BCUT2D eigenvalue weighted by Crippen LogP contribution is 2.08. The van der Waals surface area contributed by atoms with Crippen LogP contribution in [0.5, 0.6) is 0 Å². The summed E-state index contributed by atoms with van der Waals surface area (Å²) in [6.45, 7) is 0. The third-order valence-electron chi connectivity index (χ3n) is 1.48. The molecule has 0 saturated carbocycles. The van der Waals surface area contributed by atoms with E-state index in [0.717, 1.165) is 0 Å². The summed E-state index contributed by atoms with van der Waals surface area (Å²) in [7, 11) is 0. The van der Waals surface area contributed by atoms with Crippen LogP contribution in [0.25, 0.3) is 11.5 Å². The first-order valence-electron chi connectivity index (χ1n) is 3.76. The van der Waals surface area contributed by atoms with E-state index in [1.54, 1.807) is 18.6 Å². The Kier molecular flexibility index (Phi) is 2.15. The maximum absolute atomic E-state index is 5.48. The molecule has 0 amide bonds. The highest BCUT2D eigenvalue weighted by atomic mass is 32.1. The molecule has 2 aromatic rings. The maximum Gasteiger partial charge on any atom is 0.224 e. The molecular weight excluding hydrogens is 200 g/mol. The van der Waals surface area contributed by atoms with Crippen LogP contribution in [0.3, 0.4) is 0 Å². The lowest BCUT2D eigenvalue weighted by atomic mass is 10.4. The van der Waals surface area contributed by atoms with Crippen LogP contribution in [0.15, 0.2) is 18.6 Å². The van der Waals surface area contributed by atoms with Crippen molar-refractivity contribution in [2.75, 3.05) is 5.73 Å².